The highest BCUT2D eigenvalue weighted by molar-refractivity contribution is 6.24. The predicted molar refractivity (Wildman–Crippen MR) is 117 cm³/mol. The van der Waals surface area contributed by atoms with Gasteiger partial charge in [0.1, 0.15) is 6.04 Å². The fraction of sp³-hybridized carbons (Fsp3) is 0.182. The van der Waals surface area contributed by atoms with Gasteiger partial charge in [-0.1, -0.05) is 18.2 Å². The van der Waals surface area contributed by atoms with Crippen molar-refractivity contribution >= 4 is 40.9 Å². The van der Waals surface area contributed by atoms with Gasteiger partial charge in [0, 0.05) is 36.0 Å². The van der Waals surface area contributed by atoms with Crippen molar-refractivity contribution in [2.24, 2.45) is 16.9 Å². The second-order valence-corrected chi connectivity index (χ2v) is 7.97. The summed E-state index contributed by atoms with van der Waals surface area (Å²) in [5.74, 6) is -3.75. The molecular weight excluding hydrogens is 446 g/mol. The van der Waals surface area contributed by atoms with Gasteiger partial charge >= 0.3 is 0 Å². The van der Waals surface area contributed by atoms with Gasteiger partial charge in [0.25, 0.3) is 11.4 Å². The summed E-state index contributed by atoms with van der Waals surface area (Å²) in [5, 5.41) is 27.8. The summed E-state index contributed by atoms with van der Waals surface area (Å²) in [6.07, 6.45) is 4.73. The van der Waals surface area contributed by atoms with Crippen molar-refractivity contribution in [2.75, 3.05) is 4.90 Å². The number of non-ortho nitro benzene ring substituents is 2. The van der Waals surface area contributed by atoms with Crippen molar-refractivity contribution in [3.05, 3.63) is 86.5 Å². The summed E-state index contributed by atoms with van der Waals surface area (Å²) < 4.78 is 0. The molecule has 0 aromatic heterocycles. The zero-order chi connectivity index (χ0) is 24.1. The number of ketones is 1. The predicted octanol–water partition coefficient (Wildman–Crippen LogP) is 2.10. The number of hydrogen-bond donors (Lipinski definition) is 0. The van der Waals surface area contributed by atoms with Gasteiger partial charge in [-0.15, -0.1) is 0 Å². The molecule has 0 N–H and O–H groups in total. The number of imide groups is 1. The molecule has 2 fully saturated rings. The molecule has 3 heterocycles. The monoisotopic (exact) mass is 461 g/mol. The molecule has 3 aliphatic rings. The Labute approximate surface area is 191 Å². The zero-order valence-electron chi connectivity index (χ0n) is 17.3. The minimum atomic E-state index is -1.15. The molecule has 0 radical (unpaired) electrons. The van der Waals surface area contributed by atoms with Crippen LogP contribution in [0, 0.1) is 32.1 Å². The number of fused-ring (bicyclic) bond motifs is 3. The Morgan fingerprint density at radius 1 is 0.912 bits per heavy atom. The van der Waals surface area contributed by atoms with Crippen LogP contribution in [0.3, 0.4) is 0 Å². The maximum atomic E-state index is 13.5. The number of carbonyl (C=O) groups excluding carboxylic acids is 3. The Kier molecular flexibility index (Phi) is 4.78. The number of amides is 2. The first kappa shape index (κ1) is 21.1. The molecule has 4 atom stereocenters. The van der Waals surface area contributed by atoms with Crippen LogP contribution in [0.4, 0.5) is 17.1 Å². The summed E-state index contributed by atoms with van der Waals surface area (Å²) in [6.45, 7) is 0. The summed E-state index contributed by atoms with van der Waals surface area (Å²) in [7, 11) is 0. The van der Waals surface area contributed by atoms with E-state index in [9.17, 15) is 34.6 Å². The largest absolute Gasteiger partial charge is 0.292 e. The van der Waals surface area contributed by atoms with Gasteiger partial charge in [-0.3, -0.25) is 39.6 Å². The van der Waals surface area contributed by atoms with Gasteiger partial charge in [0.2, 0.25) is 11.8 Å². The second-order valence-electron chi connectivity index (χ2n) is 7.97. The lowest BCUT2D eigenvalue weighted by Crippen LogP contribution is -2.46. The van der Waals surface area contributed by atoms with Crippen LogP contribution in [0.25, 0.3) is 0 Å². The lowest BCUT2D eigenvalue weighted by Gasteiger charge is -2.30. The third-order valence-electron chi connectivity index (χ3n) is 6.22. The van der Waals surface area contributed by atoms with Crippen LogP contribution in [0.1, 0.15) is 10.4 Å². The Bertz CT molecular complexity index is 1320. The molecule has 0 saturated carbocycles. The van der Waals surface area contributed by atoms with E-state index in [2.05, 4.69) is 5.10 Å². The number of nitrogens with zero attached hydrogens (tertiary/aromatic N) is 5. The molecule has 2 amide bonds. The van der Waals surface area contributed by atoms with Crippen molar-refractivity contribution in [1.29, 1.82) is 0 Å². The third kappa shape index (κ3) is 3.07. The fourth-order valence-electron chi connectivity index (χ4n) is 4.76. The number of hydrogen-bond acceptors (Lipinski definition) is 9. The molecule has 0 bridgehead atoms. The van der Waals surface area contributed by atoms with Crippen LogP contribution in [0.15, 0.2) is 65.8 Å². The van der Waals surface area contributed by atoms with Crippen LogP contribution < -0.4 is 4.90 Å². The van der Waals surface area contributed by atoms with Crippen molar-refractivity contribution in [2.45, 2.75) is 12.1 Å². The molecule has 34 heavy (non-hydrogen) atoms. The van der Waals surface area contributed by atoms with Crippen molar-refractivity contribution < 1.29 is 24.2 Å². The SMILES string of the molecule is O=C(c1cccc([N+](=O)[O-])c1)[C@H]1[C@@H]2C(=O)N(c3ccc([N+](=O)[O-])cc3)C(=O)[C@@H]2[C@H]2C=CC=NN21. The first-order chi connectivity index (χ1) is 16.3. The normalized spacial score (nSPS) is 24.8. The highest BCUT2D eigenvalue weighted by Gasteiger charge is 2.64. The molecule has 0 aliphatic carbocycles. The summed E-state index contributed by atoms with van der Waals surface area (Å²) >= 11 is 0. The fourth-order valence-corrected chi connectivity index (χ4v) is 4.76. The molecule has 170 valence electrons. The van der Waals surface area contributed by atoms with Gasteiger partial charge < -0.3 is 0 Å². The molecule has 2 aromatic carbocycles. The van der Waals surface area contributed by atoms with Crippen LogP contribution in [-0.4, -0.2) is 50.8 Å². The molecule has 0 unspecified atom stereocenters. The number of benzene rings is 2. The topological polar surface area (TPSA) is 156 Å². The average molecular weight is 461 g/mol. The van der Waals surface area contributed by atoms with E-state index >= 15 is 0 Å². The number of allylic oxidation sites excluding steroid dienone is 1. The molecule has 12 heteroatoms. The summed E-state index contributed by atoms with van der Waals surface area (Å²) in [5.41, 5.74) is -0.290. The van der Waals surface area contributed by atoms with Crippen molar-refractivity contribution in [3.63, 3.8) is 0 Å². The average Bonchev–Trinajstić information content (AvgIpc) is 3.31. The summed E-state index contributed by atoms with van der Waals surface area (Å²) in [4.78, 5) is 62.2. The number of carbonyl (C=O) groups is 3. The van der Waals surface area contributed by atoms with E-state index in [1.165, 1.54) is 53.7 Å². The molecule has 0 spiro atoms. The van der Waals surface area contributed by atoms with E-state index in [4.69, 9.17) is 0 Å². The van der Waals surface area contributed by atoms with Crippen molar-refractivity contribution in [1.82, 2.24) is 5.01 Å². The van der Waals surface area contributed by atoms with Crippen LogP contribution in [-0.2, 0) is 9.59 Å². The highest BCUT2D eigenvalue weighted by atomic mass is 16.6. The van der Waals surface area contributed by atoms with Crippen molar-refractivity contribution in [3.8, 4) is 0 Å². The molecule has 5 rings (SSSR count). The zero-order valence-corrected chi connectivity index (χ0v) is 17.3. The van der Waals surface area contributed by atoms with E-state index in [1.807, 2.05) is 0 Å². The Balaban J connectivity index is 1.55. The molecular formula is C22H15N5O7. The van der Waals surface area contributed by atoms with Crippen LogP contribution in [0.2, 0.25) is 0 Å². The van der Waals surface area contributed by atoms with Gasteiger partial charge in [0.15, 0.2) is 5.78 Å². The standard InChI is InChI=1S/C22H15N5O7/c28-20(12-3-1-4-15(11-12)27(33)34)19-18-17(16-5-2-10-23-25(16)19)21(29)24(22(18)30)13-6-8-14(9-7-13)26(31)32/h1-11,16-19H/t16-,17-,18-,19-/m1/s1. The van der Waals surface area contributed by atoms with E-state index in [0.29, 0.717) is 0 Å². The van der Waals surface area contributed by atoms with Crippen LogP contribution in [0.5, 0.6) is 0 Å². The van der Waals surface area contributed by atoms with E-state index < -0.39 is 51.4 Å². The first-order valence-electron chi connectivity index (χ1n) is 10.2. The lowest BCUT2D eigenvalue weighted by molar-refractivity contribution is -0.385. The minimum absolute atomic E-state index is 0.0254. The Hall–Kier alpha value is -4.74. The lowest BCUT2D eigenvalue weighted by atomic mass is 9.86. The number of anilines is 1. The second kappa shape index (κ2) is 7.69. The van der Waals surface area contributed by atoms with Gasteiger partial charge in [-0.05, 0) is 18.2 Å². The first-order valence-corrected chi connectivity index (χ1v) is 10.2. The molecule has 2 saturated heterocycles. The maximum Gasteiger partial charge on any atom is 0.270 e. The molecule has 12 nitrogen and oxygen atoms in total. The van der Waals surface area contributed by atoms with Crippen LogP contribution >= 0.6 is 0 Å². The Morgan fingerprint density at radius 3 is 2.26 bits per heavy atom. The molecule has 3 aliphatic heterocycles. The number of nitro benzene ring substituents is 2. The number of nitro groups is 2. The summed E-state index contributed by atoms with van der Waals surface area (Å²) in [6, 6.07) is 8.33. The maximum absolute atomic E-state index is 13.5. The number of rotatable bonds is 5. The van der Waals surface area contributed by atoms with E-state index in [-0.39, 0.29) is 22.6 Å². The van der Waals surface area contributed by atoms with Gasteiger partial charge in [0.05, 0.1) is 33.4 Å². The number of hydrazone groups is 1. The quantitative estimate of drug-likeness (QED) is 0.284. The third-order valence-corrected chi connectivity index (χ3v) is 6.22. The van der Waals surface area contributed by atoms with E-state index in [1.54, 1.807) is 12.2 Å². The highest BCUT2D eigenvalue weighted by Crippen LogP contribution is 2.46. The number of Topliss-reactive ketones (excluding diaryl/α,β-unsaturated/α-hetero) is 1. The van der Waals surface area contributed by atoms with Gasteiger partial charge in [-0.2, -0.15) is 5.10 Å². The molecule has 2 aromatic rings. The minimum Gasteiger partial charge on any atom is -0.292 e. The van der Waals surface area contributed by atoms with E-state index in [0.717, 1.165) is 11.0 Å². The smallest absolute Gasteiger partial charge is 0.270 e. The Morgan fingerprint density at radius 2 is 1.59 bits per heavy atom. The van der Waals surface area contributed by atoms with Gasteiger partial charge in [-0.25, -0.2) is 4.90 Å².